The van der Waals surface area contributed by atoms with E-state index in [2.05, 4.69) is 41.7 Å². The summed E-state index contributed by atoms with van der Waals surface area (Å²) in [7, 11) is 1.76. The van der Waals surface area contributed by atoms with Gasteiger partial charge in [0.05, 0.1) is 0 Å². The predicted octanol–water partition coefficient (Wildman–Crippen LogP) is 3.16. The van der Waals surface area contributed by atoms with Gasteiger partial charge < -0.3 is 16.0 Å². The number of nitrogens with zero attached hydrogens (tertiary/aromatic N) is 1. The lowest BCUT2D eigenvalue weighted by atomic mass is 10.1. The second kappa shape index (κ2) is 13.0. The molecule has 0 bridgehead atoms. The predicted molar refractivity (Wildman–Crippen MR) is 112 cm³/mol. The van der Waals surface area contributed by atoms with Gasteiger partial charge in [0.1, 0.15) is 0 Å². The van der Waals surface area contributed by atoms with Crippen LogP contribution in [0.25, 0.3) is 0 Å². The molecular formula is C18H31IN4O. The van der Waals surface area contributed by atoms with Crippen LogP contribution in [0.15, 0.2) is 29.3 Å². The number of hydrogen-bond acceptors (Lipinski definition) is 2. The highest BCUT2D eigenvalue weighted by molar-refractivity contribution is 14.0. The molecule has 1 amide bonds. The number of carbonyl (C=O) groups is 1. The van der Waals surface area contributed by atoms with Crippen molar-refractivity contribution >= 4 is 35.8 Å². The summed E-state index contributed by atoms with van der Waals surface area (Å²) < 4.78 is 0. The molecule has 24 heavy (non-hydrogen) atoms. The minimum atomic E-state index is -0.00707. The zero-order valence-electron chi connectivity index (χ0n) is 15.2. The molecule has 0 radical (unpaired) electrons. The van der Waals surface area contributed by atoms with Crippen molar-refractivity contribution in [3.8, 4) is 0 Å². The average molecular weight is 446 g/mol. The Hall–Kier alpha value is -1.31. The third-order valence-electron chi connectivity index (χ3n) is 3.39. The van der Waals surface area contributed by atoms with Crippen LogP contribution in [0, 0.1) is 5.92 Å². The summed E-state index contributed by atoms with van der Waals surface area (Å²) in [6.07, 6.45) is 2.09. The number of hydrogen-bond donors (Lipinski definition) is 3. The normalized spacial score (nSPS) is 11.0. The van der Waals surface area contributed by atoms with E-state index in [1.165, 1.54) is 0 Å². The number of rotatable bonds is 8. The molecule has 0 saturated heterocycles. The number of guanidine groups is 1. The first-order valence-corrected chi connectivity index (χ1v) is 8.38. The Morgan fingerprint density at radius 2 is 1.79 bits per heavy atom. The summed E-state index contributed by atoms with van der Waals surface area (Å²) in [5.74, 6) is 1.35. The number of carbonyl (C=O) groups excluding carboxylic acids is 1. The molecule has 0 aliphatic heterocycles. The molecule has 0 atom stereocenters. The van der Waals surface area contributed by atoms with Crippen molar-refractivity contribution in [1.29, 1.82) is 0 Å². The zero-order chi connectivity index (χ0) is 17.1. The summed E-state index contributed by atoms with van der Waals surface area (Å²) in [5.41, 5.74) is 1.81. The molecule has 1 aromatic carbocycles. The molecule has 0 fully saturated rings. The van der Waals surface area contributed by atoms with Gasteiger partial charge in [-0.2, -0.15) is 0 Å². The van der Waals surface area contributed by atoms with Gasteiger partial charge in [-0.1, -0.05) is 39.3 Å². The standard InChI is InChI=1S/C18H30N4O.HI/c1-5-6-11-20-17(23)16-9-7-15(8-10-16)13-22-18(19-4)21-12-14(2)3;/h7-10,14H,5-6,11-13H2,1-4H3,(H,20,23)(H2,19,21,22);1H. The molecule has 0 aliphatic carbocycles. The second-order valence-corrected chi connectivity index (χ2v) is 6.01. The second-order valence-electron chi connectivity index (χ2n) is 6.01. The first-order chi connectivity index (χ1) is 11.1. The summed E-state index contributed by atoms with van der Waals surface area (Å²) >= 11 is 0. The first kappa shape index (κ1) is 22.7. The Balaban J connectivity index is 0.00000529. The van der Waals surface area contributed by atoms with Gasteiger partial charge in [0.25, 0.3) is 5.91 Å². The van der Waals surface area contributed by atoms with E-state index in [9.17, 15) is 4.79 Å². The molecule has 0 aromatic heterocycles. The molecule has 1 aromatic rings. The summed E-state index contributed by atoms with van der Waals surface area (Å²) in [5, 5.41) is 9.46. The maximum absolute atomic E-state index is 11.9. The van der Waals surface area contributed by atoms with Gasteiger partial charge >= 0.3 is 0 Å². The smallest absolute Gasteiger partial charge is 0.251 e. The molecule has 6 heteroatoms. The molecule has 0 heterocycles. The summed E-state index contributed by atoms with van der Waals surface area (Å²) in [6.45, 7) is 8.72. The van der Waals surface area contributed by atoms with Crippen LogP contribution < -0.4 is 16.0 Å². The number of nitrogens with one attached hydrogen (secondary N) is 3. The quantitative estimate of drug-likeness (QED) is 0.249. The Bertz CT molecular complexity index is 500. The fraction of sp³-hybridized carbons (Fsp3) is 0.556. The van der Waals surface area contributed by atoms with Crippen LogP contribution in [0.1, 0.15) is 49.5 Å². The number of benzene rings is 1. The molecule has 0 unspecified atom stereocenters. The van der Waals surface area contributed by atoms with Crippen LogP contribution >= 0.6 is 24.0 Å². The van der Waals surface area contributed by atoms with Crippen LogP contribution in [-0.2, 0) is 6.54 Å². The molecular weight excluding hydrogens is 415 g/mol. The van der Waals surface area contributed by atoms with Crippen LogP contribution in [0.3, 0.4) is 0 Å². The van der Waals surface area contributed by atoms with Gasteiger partial charge in [-0.3, -0.25) is 9.79 Å². The summed E-state index contributed by atoms with van der Waals surface area (Å²) in [6, 6.07) is 7.67. The van der Waals surface area contributed by atoms with Crippen molar-refractivity contribution in [2.75, 3.05) is 20.1 Å². The maximum atomic E-state index is 11.9. The summed E-state index contributed by atoms with van der Waals surface area (Å²) in [4.78, 5) is 16.1. The van der Waals surface area contributed by atoms with Gasteiger partial charge in [0, 0.05) is 32.2 Å². The van der Waals surface area contributed by atoms with Crippen molar-refractivity contribution in [3.63, 3.8) is 0 Å². The zero-order valence-corrected chi connectivity index (χ0v) is 17.5. The molecule has 0 aliphatic rings. The molecule has 5 nitrogen and oxygen atoms in total. The molecule has 0 saturated carbocycles. The van der Waals surface area contributed by atoms with E-state index in [4.69, 9.17) is 0 Å². The topological polar surface area (TPSA) is 65.5 Å². The minimum absolute atomic E-state index is 0. The van der Waals surface area contributed by atoms with Crippen molar-refractivity contribution < 1.29 is 4.79 Å². The van der Waals surface area contributed by atoms with E-state index < -0.39 is 0 Å². The van der Waals surface area contributed by atoms with Crippen molar-refractivity contribution in [2.24, 2.45) is 10.9 Å². The van der Waals surface area contributed by atoms with Crippen molar-refractivity contribution in [3.05, 3.63) is 35.4 Å². The average Bonchev–Trinajstić information content (AvgIpc) is 2.55. The lowest BCUT2D eigenvalue weighted by Crippen LogP contribution is -2.38. The fourth-order valence-corrected chi connectivity index (χ4v) is 1.96. The number of amides is 1. The highest BCUT2D eigenvalue weighted by Gasteiger charge is 2.05. The highest BCUT2D eigenvalue weighted by Crippen LogP contribution is 2.04. The number of unbranched alkanes of at least 4 members (excludes halogenated alkanes) is 1. The largest absolute Gasteiger partial charge is 0.356 e. The van der Waals surface area contributed by atoms with Crippen LogP contribution in [0.2, 0.25) is 0 Å². The number of halogens is 1. The van der Waals surface area contributed by atoms with Crippen molar-refractivity contribution in [2.45, 2.75) is 40.2 Å². The number of aliphatic imine (C=N–C) groups is 1. The SMILES string of the molecule is CCCCNC(=O)c1ccc(CNC(=NC)NCC(C)C)cc1.I. The third kappa shape index (κ3) is 9.10. The van der Waals surface area contributed by atoms with Gasteiger partial charge in [0.2, 0.25) is 0 Å². The fourth-order valence-electron chi connectivity index (χ4n) is 1.96. The lowest BCUT2D eigenvalue weighted by Gasteiger charge is -2.13. The van der Waals surface area contributed by atoms with Gasteiger partial charge in [-0.25, -0.2) is 0 Å². The maximum Gasteiger partial charge on any atom is 0.251 e. The van der Waals surface area contributed by atoms with Crippen LogP contribution in [0.5, 0.6) is 0 Å². The Morgan fingerprint density at radius 1 is 1.12 bits per heavy atom. The Labute approximate surface area is 163 Å². The van der Waals surface area contributed by atoms with E-state index in [1.807, 2.05) is 24.3 Å². The van der Waals surface area contributed by atoms with E-state index in [1.54, 1.807) is 7.05 Å². The van der Waals surface area contributed by atoms with Crippen LogP contribution in [0.4, 0.5) is 0 Å². The van der Waals surface area contributed by atoms with E-state index in [0.29, 0.717) is 18.0 Å². The van der Waals surface area contributed by atoms with Gasteiger partial charge in [-0.15, -0.1) is 24.0 Å². The van der Waals surface area contributed by atoms with Crippen molar-refractivity contribution in [1.82, 2.24) is 16.0 Å². The molecule has 136 valence electrons. The van der Waals surface area contributed by atoms with E-state index in [-0.39, 0.29) is 29.9 Å². The molecule has 3 N–H and O–H groups in total. The highest BCUT2D eigenvalue weighted by atomic mass is 127. The third-order valence-corrected chi connectivity index (χ3v) is 3.39. The van der Waals surface area contributed by atoms with Gasteiger partial charge in [-0.05, 0) is 30.0 Å². The monoisotopic (exact) mass is 446 g/mol. The van der Waals surface area contributed by atoms with E-state index >= 15 is 0 Å². The first-order valence-electron chi connectivity index (χ1n) is 8.38. The minimum Gasteiger partial charge on any atom is -0.356 e. The molecule has 0 spiro atoms. The Kier molecular flexibility index (Phi) is 12.3. The lowest BCUT2D eigenvalue weighted by molar-refractivity contribution is 0.0953. The van der Waals surface area contributed by atoms with Crippen LogP contribution in [-0.4, -0.2) is 32.0 Å². The Morgan fingerprint density at radius 3 is 2.33 bits per heavy atom. The molecule has 1 rings (SSSR count). The van der Waals surface area contributed by atoms with Gasteiger partial charge in [0.15, 0.2) is 5.96 Å². The van der Waals surface area contributed by atoms with E-state index in [0.717, 1.165) is 37.5 Å².